The highest BCUT2D eigenvalue weighted by Gasteiger charge is 2.19. The molecule has 0 aliphatic carbocycles. The zero-order valence-corrected chi connectivity index (χ0v) is 15.7. The lowest BCUT2D eigenvalue weighted by atomic mass is 9.96. The quantitative estimate of drug-likeness (QED) is 0.550. The van der Waals surface area contributed by atoms with Crippen molar-refractivity contribution in [1.82, 2.24) is 9.47 Å². The summed E-state index contributed by atoms with van der Waals surface area (Å²) in [6.45, 7) is 5.21. The summed E-state index contributed by atoms with van der Waals surface area (Å²) in [4.78, 5) is 2.54. The molecule has 3 aromatic rings. The fourth-order valence-corrected chi connectivity index (χ4v) is 3.95. The van der Waals surface area contributed by atoms with E-state index in [4.69, 9.17) is 4.74 Å². The van der Waals surface area contributed by atoms with E-state index in [2.05, 4.69) is 46.1 Å². The van der Waals surface area contributed by atoms with E-state index in [0.29, 0.717) is 6.61 Å². The second-order valence-electron chi connectivity index (χ2n) is 7.52. The molecular weight excluding hydrogens is 339 g/mol. The van der Waals surface area contributed by atoms with Crippen molar-refractivity contribution in [2.24, 2.45) is 5.92 Å². The van der Waals surface area contributed by atoms with Crippen molar-refractivity contribution in [3.8, 4) is 5.75 Å². The van der Waals surface area contributed by atoms with Crippen molar-refractivity contribution >= 4 is 10.8 Å². The predicted octanol–water partition coefficient (Wildman–Crippen LogP) is 4.96. The van der Waals surface area contributed by atoms with Gasteiger partial charge in [-0.05, 0) is 73.3 Å². The van der Waals surface area contributed by atoms with Crippen LogP contribution in [0.4, 0.5) is 4.39 Å². The zero-order valence-electron chi connectivity index (χ0n) is 15.7. The number of rotatable bonds is 7. The van der Waals surface area contributed by atoms with E-state index in [0.717, 1.165) is 31.2 Å². The van der Waals surface area contributed by atoms with E-state index in [1.807, 2.05) is 0 Å². The van der Waals surface area contributed by atoms with Crippen molar-refractivity contribution in [2.45, 2.75) is 25.8 Å². The summed E-state index contributed by atoms with van der Waals surface area (Å²) in [5.74, 6) is 1.28. The normalized spacial score (nSPS) is 16.0. The third-order valence-corrected chi connectivity index (χ3v) is 5.48. The molecule has 3 nitrogen and oxygen atoms in total. The smallest absolute Gasteiger partial charge is 0.123 e. The van der Waals surface area contributed by atoms with E-state index in [1.54, 1.807) is 12.1 Å². The minimum Gasteiger partial charge on any atom is -0.494 e. The first-order chi connectivity index (χ1) is 13.3. The number of nitrogens with zero attached hydrogens (tertiary/aromatic N) is 2. The molecule has 1 aliphatic heterocycles. The standard InChI is InChI=1S/C23H27FN2O/c24-22-6-8-23(9-7-22)27-15-3-12-25-13-10-19(11-14-25)16-26-17-20-4-1-2-5-21(20)18-26/h1-2,4-9,17-19H,3,10-16H2. The van der Waals surface area contributed by atoms with Crippen LogP contribution in [0.3, 0.4) is 0 Å². The van der Waals surface area contributed by atoms with Gasteiger partial charge in [0, 0.05) is 25.5 Å². The molecule has 0 radical (unpaired) electrons. The molecule has 4 rings (SSSR count). The van der Waals surface area contributed by atoms with Gasteiger partial charge in [-0.1, -0.05) is 24.3 Å². The van der Waals surface area contributed by atoms with E-state index in [9.17, 15) is 4.39 Å². The van der Waals surface area contributed by atoms with Gasteiger partial charge in [0.15, 0.2) is 0 Å². The Morgan fingerprint density at radius 1 is 0.926 bits per heavy atom. The number of piperidine rings is 1. The molecular formula is C23H27FN2O. The van der Waals surface area contributed by atoms with Crippen LogP contribution in [0.25, 0.3) is 10.8 Å². The molecule has 0 bridgehead atoms. The van der Waals surface area contributed by atoms with E-state index < -0.39 is 0 Å². The first kappa shape index (κ1) is 18.1. The number of halogens is 1. The minimum atomic E-state index is -0.224. The van der Waals surface area contributed by atoms with Gasteiger partial charge in [-0.25, -0.2) is 4.39 Å². The van der Waals surface area contributed by atoms with Crippen molar-refractivity contribution < 1.29 is 9.13 Å². The van der Waals surface area contributed by atoms with Crippen LogP contribution in [0.1, 0.15) is 19.3 Å². The molecule has 2 heterocycles. The number of hydrogen-bond donors (Lipinski definition) is 0. The number of hydrogen-bond acceptors (Lipinski definition) is 2. The molecule has 1 aliphatic rings. The fourth-order valence-electron chi connectivity index (χ4n) is 3.95. The highest BCUT2D eigenvalue weighted by molar-refractivity contribution is 5.82. The van der Waals surface area contributed by atoms with E-state index in [1.165, 1.54) is 48.8 Å². The van der Waals surface area contributed by atoms with Crippen LogP contribution in [0.2, 0.25) is 0 Å². The Balaban J connectivity index is 1.16. The van der Waals surface area contributed by atoms with Crippen molar-refractivity contribution in [3.63, 3.8) is 0 Å². The molecule has 0 spiro atoms. The molecule has 1 saturated heterocycles. The summed E-state index contributed by atoms with van der Waals surface area (Å²) >= 11 is 0. The Labute approximate surface area is 160 Å². The molecule has 0 atom stereocenters. The van der Waals surface area contributed by atoms with Crippen molar-refractivity contribution in [1.29, 1.82) is 0 Å². The molecule has 1 fully saturated rings. The molecule has 0 N–H and O–H groups in total. The van der Waals surface area contributed by atoms with Crippen LogP contribution in [0.5, 0.6) is 5.75 Å². The van der Waals surface area contributed by atoms with Gasteiger partial charge in [-0.15, -0.1) is 0 Å². The summed E-state index contributed by atoms with van der Waals surface area (Å²) in [6, 6.07) is 14.8. The van der Waals surface area contributed by atoms with Crippen LogP contribution < -0.4 is 4.74 Å². The molecule has 0 saturated carbocycles. The zero-order chi connectivity index (χ0) is 18.5. The second kappa shape index (κ2) is 8.57. The van der Waals surface area contributed by atoms with Crippen LogP contribution >= 0.6 is 0 Å². The molecule has 0 amide bonds. The first-order valence-electron chi connectivity index (χ1n) is 9.91. The topological polar surface area (TPSA) is 17.4 Å². The number of aromatic nitrogens is 1. The lowest BCUT2D eigenvalue weighted by Gasteiger charge is -2.32. The Morgan fingerprint density at radius 3 is 2.26 bits per heavy atom. The number of fused-ring (bicyclic) bond motifs is 1. The maximum atomic E-state index is 12.9. The lowest BCUT2D eigenvalue weighted by Crippen LogP contribution is -2.36. The molecule has 2 aromatic carbocycles. The van der Waals surface area contributed by atoms with Crippen LogP contribution in [0, 0.1) is 11.7 Å². The summed E-state index contributed by atoms with van der Waals surface area (Å²) in [6.07, 6.45) is 8.06. The van der Waals surface area contributed by atoms with Gasteiger partial charge in [0.25, 0.3) is 0 Å². The van der Waals surface area contributed by atoms with Gasteiger partial charge < -0.3 is 14.2 Å². The average molecular weight is 366 g/mol. The Bertz CT molecular complexity index is 817. The summed E-state index contributed by atoms with van der Waals surface area (Å²) < 4.78 is 20.9. The van der Waals surface area contributed by atoms with Gasteiger partial charge in [0.05, 0.1) is 6.61 Å². The highest BCUT2D eigenvalue weighted by atomic mass is 19.1. The summed E-state index contributed by atoms with van der Waals surface area (Å²) in [5, 5.41) is 2.66. The number of benzene rings is 2. The van der Waals surface area contributed by atoms with Gasteiger partial charge in [0.1, 0.15) is 11.6 Å². The van der Waals surface area contributed by atoms with Crippen molar-refractivity contribution in [2.75, 3.05) is 26.2 Å². The highest BCUT2D eigenvalue weighted by Crippen LogP contribution is 2.22. The number of likely N-dealkylation sites (tertiary alicyclic amines) is 1. The number of ether oxygens (including phenoxy) is 1. The van der Waals surface area contributed by atoms with Gasteiger partial charge >= 0.3 is 0 Å². The van der Waals surface area contributed by atoms with Gasteiger partial charge in [0.2, 0.25) is 0 Å². The van der Waals surface area contributed by atoms with Gasteiger partial charge in [-0.3, -0.25) is 0 Å². The Morgan fingerprint density at radius 2 is 1.59 bits per heavy atom. The molecule has 4 heteroatoms. The lowest BCUT2D eigenvalue weighted by molar-refractivity contribution is 0.162. The molecule has 27 heavy (non-hydrogen) atoms. The van der Waals surface area contributed by atoms with Crippen LogP contribution in [0.15, 0.2) is 60.9 Å². The third kappa shape index (κ3) is 4.89. The maximum absolute atomic E-state index is 12.9. The second-order valence-corrected chi connectivity index (χ2v) is 7.52. The van der Waals surface area contributed by atoms with E-state index in [-0.39, 0.29) is 5.82 Å². The fraction of sp³-hybridized carbons (Fsp3) is 0.391. The third-order valence-electron chi connectivity index (χ3n) is 5.48. The minimum absolute atomic E-state index is 0.224. The molecule has 142 valence electrons. The van der Waals surface area contributed by atoms with Crippen molar-refractivity contribution in [3.05, 3.63) is 66.7 Å². The SMILES string of the molecule is Fc1ccc(OCCCN2CCC(Cn3cc4ccccc4c3)CC2)cc1. The summed E-state index contributed by atoms with van der Waals surface area (Å²) in [7, 11) is 0. The molecule has 1 aromatic heterocycles. The monoisotopic (exact) mass is 366 g/mol. The predicted molar refractivity (Wildman–Crippen MR) is 108 cm³/mol. The maximum Gasteiger partial charge on any atom is 0.123 e. The van der Waals surface area contributed by atoms with Crippen LogP contribution in [-0.4, -0.2) is 35.7 Å². The largest absolute Gasteiger partial charge is 0.494 e. The Kier molecular flexibility index (Phi) is 5.73. The molecule has 0 unspecified atom stereocenters. The average Bonchev–Trinajstić information content (AvgIpc) is 3.10. The summed E-state index contributed by atoms with van der Waals surface area (Å²) in [5.41, 5.74) is 0. The first-order valence-corrected chi connectivity index (χ1v) is 9.91. The Hall–Kier alpha value is -2.33. The van der Waals surface area contributed by atoms with Gasteiger partial charge in [-0.2, -0.15) is 0 Å². The van der Waals surface area contributed by atoms with Crippen LogP contribution in [-0.2, 0) is 6.54 Å². The van der Waals surface area contributed by atoms with E-state index >= 15 is 0 Å².